The largest absolute Gasteiger partial charge is 0.456 e. The highest BCUT2D eigenvalue weighted by Crippen LogP contribution is 2.31. The zero-order valence-electron chi connectivity index (χ0n) is 12.5. The summed E-state index contributed by atoms with van der Waals surface area (Å²) in [7, 11) is 0. The lowest BCUT2D eigenvalue weighted by Crippen LogP contribution is -2.21. The van der Waals surface area contributed by atoms with Crippen molar-refractivity contribution in [2.45, 2.75) is 31.3 Å². The monoisotopic (exact) mass is 365 g/mol. The molecule has 4 heteroatoms. The van der Waals surface area contributed by atoms with E-state index in [1.807, 2.05) is 18.2 Å². The van der Waals surface area contributed by atoms with Gasteiger partial charge in [-0.05, 0) is 64.1 Å². The van der Waals surface area contributed by atoms with Crippen LogP contribution in [0.15, 0.2) is 51.8 Å². The average Bonchev–Trinajstić information content (AvgIpc) is 2.48. The molecule has 1 N–H and O–H groups in total. The van der Waals surface area contributed by atoms with Gasteiger partial charge < -0.3 is 10.1 Å². The van der Waals surface area contributed by atoms with Gasteiger partial charge in [-0.1, -0.05) is 19.9 Å². The fourth-order valence-corrected chi connectivity index (χ4v) is 2.75. The summed E-state index contributed by atoms with van der Waals surface area (Å²) >= 11 is 5.31. The summed E-state index contributed by atoms with van der Waals surface area (Å²) in [6, 6.07) is 14.8. The van der Waals surface area contributed by atoms with Crippen LogP contribution in [0.2, 0.25) is 0 Å². The lowest BCUT2D eigenvalue weighted by molar-refractivity contribution is 0.478. The minimum Gasteiger partial charge on any atom is -0.456 e. The van der Waals surface area contributed by atoms with Crippen molar-refractivity contribution >= 4 is 27.7 Å². The summed E-state index contributed by atoms with van der Waals surface area (Å²) in [6.45, 7) is 5.15. The van der Waals surface area contributed by atoms with Crippen molar-refractivity contribution in [2.75, 3.05) is 6.26 Å². The van der Waals surface area contributed by atoms with Crippen LogP contribution in [-0.4, -0.2) is 12.3 Å². The van der Waals surface area contributed by atoms with Crippen LogP contribution in [0.1, 0.15) is 19.4 Å². The van der Waals surface area contributed by atoms with E-state index in [1.54, 1.807) is 11.8 Å². The topological polar surface area (TPSA) is 21.3 Å². The molecule has 0 fully saturated rings. The number of ether oxygens (including phenoxy) is 1. The summed E-state index contributed by atoms with van der Waals surface area (Å²) in [5, 5.41) is 3.41. The standard InChI is InChI=1S/C17H20BrNOS/c1-12(2)19-11-13-4-9-17(16(18)10-13)20-14-5-7-15(21-3)8-6-14/h4-10,12,19H,11H2,1-3H3. The van der Waals surface area contributed by atoms with Crippen LogP contribution in [-0.2, 0) is 6.54 Å². The Morgan fingerprint density at radius 1 is 1.14 bits per heavy atom. The number of nitrogens with one attached hydrogen (secondary N) is 1. The summed E-state index contributed by atoms with van der Waals surface area (Å²) in [4.78, 5) is 1.23. The summed E-state index contributed by atoms with van der Waals surface area (Å²) < 4.78 is 6.88. The van der Waals surface area contributed by atoms with Gasteiger partial charge in [0.2, 0.25) is 0 Å². The van der Waals surface area contributed by atoms with E-state index in [2.05, 4.69) is 65.6 Å². The number of benzene rings is 2. The zero-order chi connectivity index (χ0) is 15.2. The third-order valence-electron chi connectivity index (χ3n) is 3.00. The van der Waals surface area contributed by atoms with Gasteiger partial charge >= 0.3 is 0 Å². The molecule has 0 bridgehead atoms. The normalized spacial score (nSPS) is 10.9. The second kappa shape index (κ2) is 7.87. The van der Waals surface area contributed by atoms with E-state index in [1.165, 1.54) is 10.5 Å². The maximum Gasteiger partial charge on any atom is 0.141 e. The van der Waals surface area contributed by atoms with Gasteiger partial charge in [0.1, 0.15) is 11.5 Å². The molecular weight excluding hydrogens is 346 g/mol. The highest BCUT2D eigenvalue weighted by molar-refractivity contribution is 9.10. The Hall–Kier alpha value is -0.970. The highest BCUT2D eigenvalue weighted by atomic mass is 79.9. The van der Waals surface area contributed by atoms with Gasteiger partial charge in [-0.2, -0.15) is 0 Å². The van der Waals surface area contributed by atoms with Crippen molar-refractivity contribution < 1.29 is 4.74 Å². The SMILES string of the molecule is CSc1ccc(Oc2ccc(CNC(C)C)cc2Br)cc1. The first-order valence-electron chi connectivity index (χ1n) is 6.92. The number of halogens is 1. The minimum absolute atomic E-state index is 0.481. The van der Waals surface area contributed by atoms with E-state index in [0.29, 0.717) is 6.04 Å². The summed E-state index contributed by atoms with van der Waals surface area (Å²) in [6.07, 6.45) is 2.07. The van der Waals surface area contributed by atoms with Gasteiger partial charge in [-0.25, -0.2) is 0 Å². The van der Waals surface area contributed by atoms with E-state index in [0.717, 1.165) is 22.5 Å². The molecule has 0 aliphatic rings. The minimum atomic E-state index is 0.481. The Balaban J connectivity index is 2.06. The number of hydrogen-bond acceptors (Lipinski definition) is 3. The summed E-state index contributed by atoms with van der Waals surface area (Å²) in [5.74, 6) is 1.68. The van der Waals surface area contributed by atoms with Gasteiger partial charge in [0.25, 0.3) is 0 Å². The Bertz CT molecular complexity index is 584. The van der Waals surface area contributed by atoms with Gasteiger partial charge in [-0.3, -0.25) is 0 Å². The van der Waals surface area contributed by atoms with Gasteiger partial charge in [-0.15, -0.1) is 11.8 Å². The third kappa shape index (κ3) is 5.06. The van der Waals surface area contributed by atoms with E-state index in [-0.39, 0.29) is 0 Å². The van der Waals surface area contributed by atoms with Crippen molar-refractivity contribution in [1.82, 2.24) is 5.32 Å². The molecule has 0 aliphatic carbocycles. The molecule has 2 aromatic rings. The first-order valence-corrected chi connectivity index (χ1v) is 8.94. The van der Waals surface area contributed by atoms with Gasteiger partial charge in [0.15, 0.2) is 0 Å². The van der Waals surface area contributed by atoms with Crippen molar-refractivity contribution in [1.29, 1.82) is 0 Å². The fraction of sp³-hybridized carbons (Fsp3) is 0.294. The molecule has 112 valence electrons. The van der Waals surface area contributed by atoms with Crippen LogP contribution in [0, 0.1) is 0 Å². The Labute approximate surface area is 139 Å². The van der Waals surface area contributed by atoms with E-state index in [9.17, 15) is 0 Å². The maximum atomic E-state index is 5.91. The van der Waals surface area contributed by atoms with Crippen molar-refractivity contribution in [3.05, 3.63) is 52.5 Å². The lowest BCUT2D eigenvalue weighted by Gasteiger charge is -2.11. The number of rotatable bonds is 6. The van der Waals surface area contributed by atoms with Crippen molar-refractivity contribution in [2.24, 2.45) is 0 Å². The van der Waals surface area contributed by atoms with E-state index in [4.69, 9.17) is 4.74 Å². The maximum absolute atomic E-state index is 5.91. The molecule has 0 atom stereocenters. The van der Waals surface area contributed by atoms with E-state index >= 15 is 0 Å². The number of thioether (sulfide) groups is 1. The second-order valence-corrected chi connectivity index (χ2v) is 6.81. The first kappa shape index (κ1) is 16.4. The molecule has 0 aliphatic heterocycles. The fourth-order valence-electron chi connectivity index (χ4n) is 1.83. The molecule has 0 amide bonds. The molecule has 0 spiro atoms. The number of hydrogen-bond donors (Lipinski definition) is 1. The zero-order valence-corrected chi connectivity index (χ0v) is 14.9. The Morgan fingerprint density at radius 3 is 2.43 bits per heavy atom. The lowest BCUT2D eigenvalue weighted by atomic mass is 10.2. The molecule has 2 rings (SSSR count). The van der Waals surface area contributed by atoms with Crippen LogP contribution in [0.5, 0.6) is 11.5 Å². The van der Waals surface area contributed by atoms with Crippen molar-refractivity contribution in [3.8, 4) is 11.5 Å². The van der Waals surface area contributed by atoms with Crippen LogP contribution in [0.25, 0.3) is 0 Å². The molecule has 0 saturated carbocycles. The van der Waals surface area contributed by atoms with Gasteiger partial charge in [0.05, 0.1) is 4.47 Å². The quantitative estimate of drug-likeness (QED) is 0.686. The van der Waals surface area contributed by atoms with Crippen LogP contribution in [0.3, 0.4) is 0 Å². The average molecular weight is 366 g/mol. The molecule has 2 aromatic carbocycles. The molecule has 2 nitrogen and oxygen atoms in total. The smallest absolute Gasteiger partial charge is 0.141 e. The van der Waals surface area contributed by atoms with Crippen LogP contribution >= 0.6 is 27.7 Å². The van der Waals surface area contributed by atoms with E-state index < -0.39 is 0 Å². The third-order valence-corrected chi connectivity index (χ3v) is 4.36. The molecule has 0 aromatic heterocycles. The first-order chi connectivity index (χ1) is 10.1. The Kier molecular flexibility index (Phi) is 6.15. The van der Waals surface area contributed by atoms with Crippen LogP contribution < -0.4 is 10.1 Å². The van der Waals surface area contributed by atoms with Crippen molar-refractivity contribution in [3.63, 3.8) is 0 Å². The molecule has 0 radical (unpaired) electrons. The summed E-state index contributed by atoms with van der Waals surface area (Å²) in [5.41, 5.74) is 1.24. The second-order valence-electron chi connectivity index (χ2n) is 5.08. The predicted octanol–water partition coefficient (Wildman–Crippen LogP) is 5.46. The van der Waals surface area contributed by atoms with Gasteiger partial charge in [0, 0.05) is 17.5 Å². The predicted molar refractivity (Wildman–Crippen MR) is 94.4 cm³/mol. The molecule has 0 heterocycles. The molecule has 0 saturated heterocycles. The molecule has 0 unspecified atom stereocenters. The highest BCUT2D eigenvalue weighted by Gasteiger charge is 2.05. The van der Waals surface area contributed by atoms with Crippen LogP contribution in [0.4, 0.5) is 0 Å². The Morgan fingerprint density at radius 2 is 1.86 bits per heavy atom. The molecule has 21 heavy (non-hydrogen) atoms. The molecular formula is C17H20BrNOS.